The van der Waals surface area contributed by atoms with Gasteiger partial charge in [0.1, 0.15) is 5.52 Å². The van der Waals surface area contributed by atoms with Gasteiger partial charge in [0, 0.05) is 6.07 Å². The second-order valence-electron chi connectivity index (χ2n) is 9.40. The molecule has 0 unspecified atom stereocenters. The summed E-state index contributed by atoms with van der Waals surface area (Å²) in [6.45, 7) is 1.98. The molecule has 1 aliphatic heterocycles. The number of nitro benzene ring substituents is 1. The van der Waals surface area contributed by atoms with E-state index in [2.05, 4.69) is 64.1 Å². The van der Waals surface area contributed by atoms with Crippen molar-refractivity contribution in [1.29, 1.82) is 0 Å². The number of imidazole rings is 2. The Kier molecular flexibility index (Phi) is 4.03. The quantitative estimate of drug-likeness (QED) is 0.227. The fourth-order valence-electron chi connectivity index (χ4n) is 5.80. The first-order valence-electron chi connectivity index (χ1n) is 11.9. The van der Waals surface area contributed by atoms with Crippen LogP contribution in [-0.2, 0) is 0 Å². The smallest absolute Gasteiger partial charge is 0.269 e. The zero-order chi connectivity index (χ0) is 23.8. The molecule has 0 spiro atoms. The number of benzene rings is 1. The minimum Gasteiger partial charge on any atom is -0.269 e. The molecule has 0 N–H and O–H groups in total. The Labute approximate surface area is 200 Å². The molecular formula is C26H25N7O2+2. The Morgan fingerprint density at radius 3 is 2.20 bits per heavy atom. The summed E-state index contributed by atoms with van der Waals surface area (Å²) >= 11 is 0. The van der Waals surface area contributed by atoms with Crippen LogP contribution in [0.15, 0.2) is 67.0 Å². The lowest BCUT2D eigenvalue weighted by atomic mass is 10.2. The zero-order valence-electron chi connectivity index (χ0n) is 19.6. The van der Waals surface area contributed by atoms with E-state index in [4.69, 9.17) is 0 Å². The topological polar surface area (TPSA) is 66.6 Å². The van der Waals surface area contributed by atoms with Crippen LogP contribution in [0.4, 0.5) is 17.6 Å². The average molecular weight is 468 g/mol. The second kappa shape index (κ2) is 7.05. The first-order valence-corrected chi connectivity index (χ1v) is 11.9. The Balaban J connectivity index is 1.86. The molecule has 7 rings (SSSR count). The van der Waals surface area contributed by atoms with E-state index in [-0.39, 0.29) is 10.6 Å². The van der Waals surface area contributed by atoms with Gasteiger partial charge in [-0.3, -0.25) is 19.9 Å². The third kappa shape index (κ3) is 2.57. The van der Waals surface area contributed by atoms with E-state index < -0.39 is 0 Å². The fourth-order valence-corrected chi connectivity index (χ4v) is 5.80. The highest BCUT2D eigenvalue weighted by Crippen LogP contribution is 2.35. The van der Waals surface area contributed by atoms with E-state index in [9.17, 15) is 10.1 Å². The molecule has 1 aromatic carbocycles. The Hall–Kier alpha value is -4.40. The number of hydrogen-bond donors (Lipinski definition) is 0. The highest BCUT2D eigenvalue weighted by Gasteiger charge is 2.36. The number of nitrogens with zero attached hydrogens (tertiary/aromatic N) is 7. The van der Waals surface area contributed by atoms with Gasteiger partial charge in [0.25, 0.3) is 5.69 Å². The number of rotatable bonds is 3. The number of hydrogen-bond acceptors (Lipinski definition) is 4. The van der Waals surface area contributed by atoms with Crippen LogP contribution in [0.1, 0.15) is 12.8 Å². The normalized spacial score (nSPS) is 14.3. The standard InChI is InChI=1S/C26H25N7O2/c1-27(2)25-29-15-5-3-9-20(29)24-23-21-10-4-6-16-30(21)26(28-13-7-8-14-28)31(23)19-12-11-18(33(34)35)17-22(19)32(24)25/h3-6,9-12,15-17H,7-8,13-14H2,1-2H3/q+2. The largest absolute Gasteiger partial charge is 0.370 e. The molecule has 0 saturated carbocycles. The monoisotopic (exact) mass is 467 g/mol. The number of pyridine rings is 2. The van der Waals surface area contributed by atoms with E-state index >= 15 is 0 Å². The summed E-state index contributed by atoms with van der Waals surface area (Å²) < 4.78 is 8.91. The van der Waals surface area contributed by atoms with Gasteiger partial charge in [-0.25, -0.2) is 8.80 Å². The molecule has 5 aromatic heterocycles. The molecule has 6 heterocycles. The Morgan fingerprint density at radius 2 is 1.51 bits per heavy atom. The molecule has 0 aliphatic carbocycles. The third-order valence-corrected chi connectivity index (χ3v) is 7.15. The van der Waals surface area contributed by atoms with Crippen LogP contribution < -0.4 is 18.6 Å². The second-order valence-corrected chi connectivity index (χ2v) is 9.40. The van der Waals surface area contributed by atoms with Crippen LogP contribution in [0.5, 0.6) is 0 Å². The lowest BCUT2D eigenvalue weighted by Gasteiger charge is -2.11. The van der Waals surface area contributed by atoms with Gasteiger partial charge in [-0.1, -0.05) is 12.1 Å². The maximum absolute atomic E-state index is 11.8. The van der Waals surface area contributed by atoms with Crippen LogP contribution in [-0.4, -0.2) is 40.9 Å². The van der Waals surface area contributed by atoms with Crippen molar-refractivity contribution in [2.24, 2.45) is 0 Å². The summed E-state index contributed by atoms with van der Waals surface area (Å²) in [6.07, 6.45) is 6.48. The van der Waals surface area contributed by atoms with Crippen LogP contribution in [0.3, 0.4) is 0 Å². The first-order chi connectivity index (χ1) is 17.1. The summed E-state index contributed by atoms with van der Waals surface area (Å²) in [6, 6.07) is 17.7. The minimum atomic E-state index is -0.316. The number of anilines is 2. The predicted molar refractivity (Wildman–Crippen MR) is 135 cm³/mol. The van der Waals surface area contributed by atoms with E-state index in [0.29, 0.717) is 0 Å². The third-order valence-electron chi connectivity index (χ3n) is 7.15. The maximum atomic E-state index is 11.8. The molecular weight excluding hydrogens is 442 g/mol. The summed E-state index contributed by atoms with van der Waals surface area (Å²) in [5, 5.41) is 11.8. The Morgan fingerprint density at radius 1 is 0.857 bits per heavy atom. The number of non-ortho nitro benzene ring substituents is 1. The highest BCUT2D eigenvalue weighted by atomic mass is 16.6. The summed E-state index contributed by atoms with van der Waals surface area (Å²) in [4.78, 5) is 16.0. The van der Waals surface area contributed by atoms with Gasteiger partial charge in [0.05, 0.1) is 50.6 Å². The van der Waals surface area contributed by atoms with Crippen molar-refractivity contribution >= 4 is 50.7 Å². The predicted octanol–water partition coefficient (Wildman–Crippen LogP) is 3.40. The van der Waals surface area contributed by atoms with E-state index in [1.54, 1.807) is 12.1 Å². The van der Waals surface area contributed by atoms with Gasteiger partial charge in [0.2, 0.25) is 0 Å². The molecule has 6 aromatic rings. The number of nitro groups is 1. The van der Waals surface area contributed by atoms with Crippen molar-refractivity contribution in [1.82, 2.24) is 8.80 Å². The van der Waals surface area contributed by atoms with Crippen LogP contribution in [0, 0.1) is 10.1 Å². The number of aromatic nitrogens is 4. The lowest BCUT2D eigenvalue weighted by molar-refractivity contribution is -0.497. The zero-order valence-corrected chi connectivity index (χ0v) is 19.6. The van der Waals surface area contributed by atoms with Crippen molar-refractivity contribution in [2.75, 3.05) is 37.0 Å². The van der Waals surface area contributed by atoms with Gasteiger partial charge >= 0.3 is 11.9 Å². The molecule has 9 heteroatoms. The highest BCUT2D eigenvalue weighted by molar-refractivity contribution is 6.04. The van der Waals surface area contributed by atoms with Crippen LogP contribution in [0.25, 0.3) is 33.1 Å². The lowest BCUT2D eigenvalue weighted by Crippen LogP contribution is -2.32. The van der Waals surface area contributed by atoms with Crippen molar-refractivity contribution in [2.45, 2.75) is 12.8 Å². The van der Waals surface area contributed by atoms with Crippen LogP contribution >= 0.6 is 0 Å². The van der Waals surface area contributed by atoms with Gasteiger partial charge in [-0.15, -0.1) is 0 Å². The van der Waals surface area contributed by atoms with Crippen molar-refractivity contribution < 1.29 is 13.7 Å². The summed E-state index contributed by atoms with van der Waals surface area (Å²) in [5.41, 5.74) is 6.09. The molecule has 0 bridgehead atoms. The van der Waals surface area contributed by atoms with E-state index in [1.807, 2.05) is 32.3 Å². The van der Waals surface area contributed by atoms with Crippen LogP contribution in [0.2, 0.25) is 0 Å². The molecule has 9 nitrogen and oxygen atoms in total. The summed E-state index contributed by atoms with van der Waals surface area (Å²) in [5.74, 6) is 2.03. The molecule has 35 heavy (non-hydrogen) atoms. The van der Waals surface area contributed by atoms with E-state index in [0.717, 1.165) is 70.9 Å². The van der Waals surface area contributed by atoms with Crippen molar-refractivity contribution in [3.8, 4) is 0 Å². The molecule has 1 fully saturated rings. The molecule has 0 radical (unpaired) electrons. The maximum Gasteiger partial charge on any atom is 0.370 e. The van der Waals surface area contributed by atoms with Crippen molar-refractivity contribution in [3.05, 3.63) is 77.1 Å². The first kappa shape index (κ1) is 20.0. The minimum absolute atomic E-state index is 0.0812. The average Bonchev–Trinajstić information content (AvgIpc) is 3.58. The SMILES string of the molecule is CN(C)c1n2c3cc([N+](=O)[O-])ccc3n3c(N4CCCC4)[n+]4ccccc4c3c2c2cccc[n+]12. The van der Waals surface area contributed by atoms with E-state index in [1.165, 1.54) is 0 Å². The fraction of sp³-hybridized carbons (Fsp3) is 0.231. The Bertz CT molecular complexity index is 1830. The van der Waals surface area contributed by atoms with Gasteiger partial charge in [-0.05, 0) is 43.2 Å². The molecule has 0 amide bonds. The molecule has 174 valence electrons. The molecule has 1 aliphatic rings. The van der Waals surface area contributed by atoms with Gasteiger partial charge in [-0.2, -0.15) is 8.80 Å². The molecule has 1 saturated heterocycles. The van der Waals surface area contributed by atoms with Gasteiger partial charge < -0.3 is 0 Å². The number of fused-ring (bicyclic) bond motifs is 10. The van der Waals surface area contributed by atoms with Gasteiger partial charge in [0.15, 0.2) is 27.6 Å². The van der Waals surface area contributed by atoms with Crippen molar-refractivity contribution in [3.63, 3.8) is 0 Å². The molecule has 0 atom stereocenters. The summed E-state index contributed by atoms with van der Waals surface area (Å²) in [7, 11) is 4.02.